The van der Waals surface area contributed by atoms with Gasteiger partial charge in [-0.25, -0.2) is 0 Å². The summed E-state index contributed by atoms with van der Waals surface area (Å²) in [7, 11) is 1.70. The molecule has 0 saturated carbocycles. The molecule has 1 aliphatic rings. The van der Waals surface area contributed by atoms with Crippen molar-refractivity contribution in [2.75, 3.05) is 31.6 Å². The van der Waals surface area contributed by atoms with E-state index in [9.17, 15) is 0 Å². The topological polar surface area (TPSA) is 24.5 Å². The first-order valence-corrected chi connectivity index (χ1v) is 6.32. The summed E-state index contributed by atoms with van der Waals surface area (Å²) in [6, 6.07) is 6.80. The third-order valence-electron chi connectivity index (χ3n) is 2.87. The molecule has 1 saturated heterocycles. The van der Waals surface area contributed by atoms with E-state index in [0.717, 1.165) is 29.9 Å². The van der Waals surface area contributed by atoms with Crippen molar-refractivity contribution in [3.63, 3.8) is 0 Å². The van der Waals surface area contributed by atoms with E-state index in [1.54, 1.807) is 7.11 Å². The molecule has 0 spiro atoms. The molecule has 0 bridgehead atoms. The highest BCUT2D eigenvalue weighted by Crippen LogP contribution is 2.30. The fourth-order valence-corrected chi connectivity index (χ4v) is 2.42. The second-order valence-corrected chi connectivity index (χ2v) is 4.97. The second kappa shape index (κ2) is 5.06. The summed E-state index contributed by atoms with van der Waals surface area (Å²) in [5, 5.41) is 3.44. The lowest BCUT2D eigenvalue weighted by atomic mass is 10.2. The minimum atomic E-state index is 0.545. The van der Waals surface area contributed by atoms with Gasteiger partial charge in [0.25, 0.3) is 0 Å². The van der Waals surface area contributed by atoms with Crippen LogP contribution in [0.15, 0.2) is 22.7 Å². The molecule has 1 aromatic rings. The van der Waals surface area contributed by atoms with Crippen LogP contribution in [0.25, 0.3) is 0 Å². The standard InChI is InChI=1S/C12H17BrN2O/c1-9-8-15(6-5-14-9)10-3-4-11(13)12(7-10)16-2/h3-4,7,9,14H,5-6,8H2,1-2H3. The number of hydrogen-bond acceptors (Lipinski definition) is 3. The molecule has 0 amide bonds. The van der Waals surface area contributed by atoms with Crippen LogP contribution in [0.2, 0.25) is 0 Å². The Hall–Kier alpha value is -0.740. The molecule has 0 radical (unpaired) electrons. The quantitative estimate of drug-likeness (QED) is 0.902. The molecule has 88 valence electrons. The van der Waals surface area contributed by atoms with Crippen LogP contribution in [0.3, 0.4) is 0 Å². The fourth-order valence-electron chi connectivity index (χ4n) is 2.01. The van der Waals surface area contributed by atoms with Gasteiger partial charge in [-0.15, -0.1) is 0 Å². The van der Waals surface area contributed by atoms with E-state index >= 15 is 0 Å². The third kappa shape index (κ3) is 2.50. The maximum absolute atomic E-state index is 5.31. The summed E-state index contributed by atoms with van der Waals surface area (Å²) in [5.74, 6) is 0.892. The number of nitrogens with one attached hydrogen (secondary N) is 1. The smallest absolute Gasteiger partial charge is 0.135 e. The lowest BCUT2D eigenvalue weighted by Gasteiger charge is -2.33. The van der Waals surface area contributed by atoms with Gasteiger partial charge in [-0.05, 0) is 35.0 Å². The number of anilines is 1. The molecular formula is C12H17BrN2O. The fraction of sp³-hybridized carbons (Fsp3) is 0.500. The van der Waals surface area contributed by atoms with E-state index in [0.29, 0.717) is 6.04 Å². The van der Waals surface area contributed by atoms with E-state index in [1.165, 1.54) is 5.69 Å². The van der Waals surface area contributed by atoms with E-state index in [4.69, 9.17) is 4.74 Å². The van der Waals surface area contributed by atoms with Crippen LogP contribution in [0.5, 0.6) is 5.75 Å². The molecule has 4 heteroatoms. The molecule has 1 heterocycles. The number of hydrogen-bond donors (Lipinski definition) is 1. The Morgan fingerprint density at radius 1 is 1.50 bits per heavy atom. The molecule has 0 aromatic heterocycles. The van der Waals surface area contributed by atoms with Gasteiger partial charge in [0.1, 0.15) is 5.75 Å². The summed E-state index contributed by atoms with van der Waals surface area (Å²) in [4.78, 5) is 2.39. The molecule has 16 heavy (non-hydrogen) atoms. The van der Waals surface area contributed by atoms with E-state index in [2.05, 4.69) is 45.2 Å². The minimum Gasteiger partial charge on any atom is -0.495 e. The van der Waals surface area contributed by atoms with Crippen LogP contribution in [0.1, 0.15) is 6.92 Å². The zero-order valence-electron chi connectivity index (χ0n) is 9.66. The zero-order chi connectivity index (χ0) is 11.5. The summed E-state index contributed by atoms with van der Waals surface area (Å²) >= 11 is 3.47. The normalized spacial score (nSPS) is 20.9. The van der Waals surface area contributed by atoms with Crippen molar-refractivity contribution < 1.29 is 4.74 Å². The molecule has 1 fully saturated rings. The first kappa shape index (κ1) is 11.7. The molecule has 3 nitrogen and oxygen atoms in total. The number of ether oxygens (including phenoxy) is 1. The average Bonchev–Trinajstić information content (AvgIpc) is 2.29. The molecule has 1 aromatic carbocycles. The Labute approximate surface area is 105 Å². The molecule has 1 N–H and O–H groups in total. The van der Waals surface area contributed by atoms with Gasteiger partial charge in [-0.1, -0.05) is 0 Å². The minimum absolute atomic E-state index is 0.545. The maximum Gasteiger partial charge on any atom is 0.135 e. The number of piperazine rings is 1. The van der Waals surface area contributed by atoms with Gasteiger partial charge in [-0.2, -0.15) is 0 Å². The van der Waals surface area contributed by atoms with Crippen LogP contribution >= 0.6 is 15.9 Å². The highest BCUT2D eigenvalue weighted by molar-refractivity contribution is 9.10. The third-order valence-corrected chi connectivity index (χ3v) is 3.52. The molecule has 1 aliphatic heterocycles. The number of halogens is 1. The first-order valence-electron chi connectivity index (χ1n) is 5.52. The Kier molecular flexibility index (Phi) is 3.71. The number of methoxy groups -OCH3 is 1. The second-order valence-electron chi connectivity index (χ2n) is 4.12. The lowest BCUT2D eigenvalue weighted by molar-refractivity contribution is 0.411. The average molecular weight is 285 g/mol. The van der Waals surface area contributed by atoms with Crippen LogP contribution in [0, 0.1) is 0 Å². The SMILES string of the molecule is COc1cc(N2CCNC(C)C2)ccc1Br. The summed E-state index contributed by atoms with van der Waals surface area (Å²) in [6.07, 6.45) is 0. The largest absolute Gasteiger partial charge is 0.495 e. The van der Waals surface area contributed by atoms with Crippen LogP contribution in [0.4, 0.5) is 5.69 Å². The Morgan fingerprint density at radius 2 is 2.31 bits per heavy atom. The first-order chi connectivity index (χ1) is 7.70. The Bertz CT molecular complexity index is 370. The van der Waals surface area contributed by atoms with Gasteiger partial charge in [0.2, 0.25) is 0 Å². The van der Waals surface area contributed by atoms with Gasteiger partial charge in [-0.3, -0.25) is 0 Å². The zero-order valence-corrected chi connectivity index (χ0v) is 11.3. The van der Waals surface area contributed by atoms with Crippen molar-refractivity contribution in [2.24, 2.45) is 0 Å². The molecular weight excluding hydrogens is 268 g/mol. The van der Waals surface area contributed by atoms with Crippen molar-refractivity contribution in [1.29, 1.82) is 0 Å². The van der Waals surface area contributed by atoms with E-state index in [1.807, 2.05) is 6.07 Å². The number of nitrogens with zero attached hydrogens (tertiary/aromatic N) is 1. The van der Waals surface area contributed by atoms with Crippen LogP contribution in [-0.4, -0.2) is 32.8 Å². The highest BCUT2D eigenvalue weighted by Gasteiger charge is 2.16. The molecule has 0 aliphatic carbocycles. The lowest BCUT2D eigenvalue weighted by Crippen LogP contribution is -2.49. The van der Waals surface area contributed by atoms with Gasteiger partial charge in [0, 0.05) is 37.4 Å². The number of benzene rings is 1. The van der Waals surface area contributed by atoms with E-state index in [-0.39, 0.29) is 0 Å². The summed E-state index contributed by atoms with van der Waals surface area (Å²) < 4.78 is 6.32. The predicted molar refractivity (Wildman–Crippen MR) is 70.4 cm³/mol. The summed E-state index contributed by atoms with van der Waals surface area (Å²) in [6.45, 7) is 5.35. The van der Waals surface area contributed by atoms with Crippen molar-refractivity contribution in [2.45, 2.75) is 13.0 Å². The van der Waals surface area contributed by atoms with Crippen LogP contribution < -0.4 is 15.0 Å². The Morgan fingerprint density at radius 3 is 3.00 bits per heavy atom. The molecule has 1 unspecified atom stereocenters. The van der Waals surface area contributed by atoms with Crippen molar-refractivity contribution in [3.05, 3.63) is 22.7 Å². The Balaban J connectivity index is 2.19. The van der Waals surface area contributed by atoms with Gasteiger partial charge in [0.15, 0.2) is 0 Å². The van der Waals surface area contributed by atoms with Gasteiger partial charge < -0.3 is 15.0 Å². The highest BCUT2D eigenvalue weighted by atomic mass is 79.9. The number of rotatable bonds is 2. The summed E-state index contributed by atoms with van der Waals surface area (Å²) in [5.41, 5.74) is 1.23. The monoisotopic (exact) mass is 284 g/mol. The predicted octanol–water partition coefficient (Wildman–Crippen LogP) is 2.26. The van der Waals surface area contributed by atoms with Gasteiger partial charge in [0.05, 0.1) is 11.6 Å². The molecule has 2 rings (SSSR count). The van der Waals surface area contributed by atoms with Gasteiger partial charge >= 0.3 is 0 Å². The van der Waals surface area contributed by atoms with Crippen LogP contribution in [-0.2, 0) is 0 Å². The molecule has 1 atom stereocenters. The van der Waals surface area contributed by atoms with Crippen molar-refractivity contribution >= 4 is 21.6 Å². The van der Waals surface area contributed by atoms with Crippen molar-refractivity contribution in [3.8, 4) is 5.75 Å². The maximum atomic E-state index is 5.31. The van der Waals surface area contributed by atoms with E-state index < -0.39 is 0 Å². The van der Waals surface area contributed by atoms with Crippen molar-refractivity contribution in [1.82, 2.24) is 5.32 Å².